The highest BCUT2D eigenvalue weighted by atomic mass is 16.5. The predicted molar refractivity (Wildman–Crippen MR) is 84.9 cm³/mol. The normalized spacial score (nSPS) is 10.4. The average molecular weight is 286 g/mol. The van der Waals surface area contributed by atoms with Crippen LogP contribution >= 0.6 is 0 Å². The minimum atomic E-state index is 0.539. The number of hydrogen-bond donors (Lipinski definition) is 1. The predicted octanol–water partition coefficient (Wildman–Crippen LogP) is 3.34. The molecule has 0 amide bonds. The summed E-state index contributed by atoms with van der Waals surface area (Å²) in [4.78, 5) is 4.39. The van der Waals surface area contributed by atoms with Crippen molar-refractivity contribution in [3.63, 3.8) is 0 Å². The van der Waals surface area contributed by atoms with Gasteiger partial charge in [0.05, 0.1) is 24.5 Å². The Morgan fingerprint density at radius 3 is 2.57 bits per heavy atom. The van der Waals surface area contributed by atoms with Gasteiger partial charge >= 0.3 is 0 Å². The van der Waals surface area contributed by atoms with Crippen LogP contribution in [0, 0.1) is 13.8 Å². The Bertz CT molecular complexity index is 568. The number of anilines is 1. The van der Waals surface area contributed by atoms with E-state index in [9.17, 15) is 0 Å². The lowest BCUT2D eigenvalue weighted by atomic mass is 10.2. The number of pyridine rings is 1. The van der Waals surface area contributed by atoms with Crippen molar-refractivity contribution in [2.24, 2.45) is 0 Å². The second kappa shape index (κ2) is 7.64. The number of benzene rings is 1. The molecule has 0 saturated heterocycles. The third-order valence-electron chi connectivity index (χ3n) is 3.11. The summed E-state index contributed by atoms with van der Waals surface area (Å²) in [5.74, 6) is 0.846. The molecular weight excluding hydrogens is 264 g/mol. The molecule has 0 bridgehead atoms. The van der Waals surface area contributed by atoms with Gasteiger partial charge in [0.1, 0.15) is 12.4 Å². The summed E-state index contributed by atoms with van der Waals surface area (Å²) < 4.78 is 10.8. The van der Waals surface area contributed by atoms with Gasteiger partial charge in [-0.15, -0.1) is 0 Å². The minimum absolute atomic E-state index is 0.539. The highest BCUT2D eigenvalue weighted by Crippen LogP contribution is 2.26. The maximum Gasteiger partial charge on any atom is 0.142 e. The Labute approximate surface area is 126 Å². The second-order valence-corrected chi connectivity index (χ2v) is 5.02. The van der Waals surface area contributed by atoms with E-state index in [1.807, 2.05) is 31.3 Å². The lowest BCUT2D eigenvalue weighted by molar-refractivity contribution is 0.146. The summed E-state index contributed by atoms with van der Waals surface area (Å²) >= 11 is 0. The molecule has 2 rings (SSSR count). The lowest BCUT2D eigenvalue weighted by Gasteiger charge is -2.14. The largest absolute Gasteiger partial charge is 0.489 e. The minimum Gasteiger partial charge on any atom is -0.489 e. The van der Waals surface area contributed by atoms with Gasteiger partial charge < -0.3 is 14.8 Å². The van der Waals surface area contributed by atoms with E-state index in [0.717, 1.165) is 22.7 Å². The number of nitrogens with zero attached hydrogens (tertiary/aromatic N) is 1. The molecule has 0 fully saturated rings. The molecule has 21 heavy (non-hydrogen) atoms. The number of rotatable bonds is 7. The first-order valence-electron chi connectivity index (χ1n) is 7.07. The van der Waals surface area contributed by atoms with Crippen molar-refractivity contribution in [1.82, 2.24) is 4.98 Å². The molecule has 1 aromatic heterocycles. The molecule has 2 aromatic rings. The van der Waals surface area contributed by atoms with Crippen molar-refractivity contribution < 1.29 is 9.47 Å². The van der Waals surface area contributed by atoms with E-state index in [1.54, 1.807) is 7.11 Å². The topological polar surface area (TPSA) is 43.4 Å². The monoisotopic (exact) mass is 286 g/mol. The van der Waals surface area contributed by atoms with Crippen LogP contribution in [-0.4, -0.2) is 25.3 Å². The van der Waals surface area contributed by atoms with Crippen LogP contribution in [0.25, 0.3) is 0 Å². The van der Waals surface area contributed by atoms with Gasteiger partial charge in [-0.25, -0.2) is 0 Å². The molecule has 4 heteroatoms. The van der Waals surface area contributed by atoms with Crippen molar-refractivity contribution >= 4 is 5.69 Å². The van der Waals surface area contributed by atoms with Crippen LogP contribution in [0.5, 0.6) is 5.75 Å². The number of nitrogens with one attached hydrogen (secondary N) is 1. The Hall–Kier alpha value is -2.07. The first-order chi connectivity index (χ1) is 10.2. The van der Waals surface area contributed by atoms with Gasteiger partial charge in [-0.3, -0.25) is 4.98 Å². The van der Waals surface area contributed by atoms with Crippen LogP contribution in [-0.2, 0) is 11.3 Å². The van der Waals surface area contributed by atoms with Crippen LogP contribution < -0.4 is 10.1 Å². The van der Waals surface area contributed by atoms with E-state index in [2.05, 4.69) is 29.4 Å². The first kappa shape index (κ1) is 15.3. The van der Waals surface area contributed by atoms with Crippen molar-refractivity contribution in [3.05, 3.63) is 53.3 Å². The maximum atomic E-state index is 5.76. The Kier molecular flexibility index (Phi) is 5.58. The van der Waals surface area contributed by atoms with Gasteiger partial charge in [-0.1, -0.05) is 12.1 Å². The van der Waals surface area contributed by atoms with Crippen LogP contribution in [0.3, 0.4) is 0 Å². The van der Waals surface area contributed by atoms with Gasteiger partial charge in [-0.2, -0.15) is 0 Å². The molecule has 112 valence electrons. The van der Waals surface area contributed by atoms with E-state index in [0.29, 0.717) is 19.8 Å². The highest BCUT2D eigenvalue weighted by molar-refractivity contribution is 5.57. The molecule has 0 aliphatic carbocycles. The molecule has 0 unspecified atom stereocenters. The van der Waals surface area contributed by atoms with E-state index < -0.39 is 0 Å². The second-order valence-electron chi connectivity index (χ2n) is 5.02. The zero-order valence-corrected chi connectivity index (χ0v) is 12.8. The summed E-state index contributed by atoms with van der Waals surface area (Å²) in [7, 11) is 1.67. The van der Waals surface area contributed by atoms with Gasteiger partial charge in [0.2, 0.25) is 0 Å². The summed E-state index contributed by atoms with van der Waals surface area (Å²) in [5, 5.41) is 3.37. The van der Waals surface area contributed by atoms with E-state index in [1.165, 1.54) is 5.56 Å². The van der Waals surface area contributed by atoms with Crippen molar-refractivity contribution in [2.45, 2.75) is 20.4 Å². The number of ether oxygens (including phenoxy) is 2. The number of aromatic nitrogens is 1. The quantitative estimate of drug-likeness (QED) is 0.793. The van der Waals surface area contributed by atoms with Crippen molar-refractivity contribution in [2.75, 3.05) is 25.6 Å². The molecule has 0 aliphatic heterocycles. The van der Waals surface area contributed by atoms with Gasteiger partial charge in [-0.05, 0) is 43.2 Å². The Morgan fingerprint density at radius 2 is 1.86 bits per heavy atom. The van der Waals surface area contributed by atoms with Crippen LogP contribution in [0.2, 0.25) is 0 Å². The average Bonchev–Trinajstić information content (AvgIpc) is 2.48. The van der Waals surface area contributed by atoms with Gasteiger partial charge in [0.25, 0.3) is 0 Å². The first-order valence-corrected chi connectivity index (χ1v) is 7.07. The molecule has 1 N–H and O–H groups in total. The molecule has 0 spiro atoms. The fraction of sp³-hybridized carbons (Fsp3) is 0.353. The number of methoxy groups -OCH3 is 1. The summed E-state index contributed by atoms with van der Waals surface area (Å²) in [5.41, 5.74) is 4.31. The Balaban J connectivity index is 2.02. The van der Waals surface area contributed by atoms with Crippen LogP contribution in [0.15, 0.2) is 36.5 Å². The fourth-order valence-corrected chi connectivity index (χ4v) is 1.92. The van der Waals surface area contributed by atoms with E-state index in [4.69, 9.17) is 9.47 Å². The fourth-order valence-electron chi connectivity index (χ4n) is 1.92. The number of aryl methyl sites for hydroxylation is 2. The Morgan fingerprint density at radius 1 is 1.05 bits per heavy atom. The molecule has 1 aromatic carbocycles. The standard InChI is InChI=1S/C17H22N2O2/c1-13-5-7-16(17(10-13)21-9-8-20-3)19-12-15-6-4-14(2)11-18-15/h4-7,10-11,19H,8-9,12H2,1-3H3. The molecular formula is C17H22N2O2. The zero-order valence-electron chi connectivity index (χ0n) is 12.8. The molecule has 1 heterocycles. The smallest absolute Gasteiger partial charge is 0.142 e. The van der Waals surface area contributed by atoms with Gasteiger partial charge in [0.15, 0.2) is 0 Å². The van der Waals surface area contributed by atoms with Crippen LogP contribution in [0.4, 0.5) is 5.69 Å². The maximum absolute atomic E-state index is 5.76. The highest BCUT2D eigenvalue weighted by Gasteiger charge is 2.04. The van der Waals surface area contributed by atoms with Crippen LogP contribution in [0.1, 0.15) is 16.8 Å². The van der Waals surface area contributed by atoms with Gasteiger partial charge in [0, 0.05) is 13.3 Å². The third kappa shape index (κ3) is 4.76. The lowest BCUT2D eigenvalue weighted by Crippen LogP contribution is -2.08. The van der Waals surface area contributed by atoms with Crippen molar-refractivity contribution in [3.8, 4) is 5.75 Å². The molecule has 4 nitrogen and oxygen atoms in total. The number of hydrogen-bond acceptors (Lipinski definition) is 4. The zero-order chi connectivity index (χ0) is 15.1. The van der Waals surface area contributed by atoms with E-state index >= 15 is 0 Å². The third-order valence-corrected chi connectivity index (χ3v) is 3.11. The SMILES string of the molecule is COCCOc1cc(C)ccc1NCc1ccc(C)cn1. The summed E-state index contributed by atoms with van der Waals surface area (Å²) in [6, 6.07) is 10.2. The molecule has 0 aliphatic rings. The molecule has 0 radical (unpaired) electrons. The molecule has 0 saturated carbocycles. The summed E-state index contributed by atoms with van der Waals surface area (Å²) in [6.07, 6.45) is 1.88. The van der Waals surface area contributed by atoms with Crippen molar-refractivity contribution in [1.29, 1.82) is 0 Å². The molecule has 0 atom stereocenters. The van der Waals surface area contributed by atoms with E-state index in [-0.39, 0.29) is 0 Å². The summed E-state index contributed by atoms with van der Waals surface area (Å²) in [6.45, 7) is 5.87.